The molecular weight excluding hydrogens is 180 g/mol. The predicted molar refractivity (Wildman–Crippen MR) is 71.1 cm³/mol. The maximum absolute atomic E-state index is 3.72. The van der Waals surface area contributed by atoms with Gasteiger partial charge >= 0.3 is 0 Å². The molecule has 0 rings (SSSR count). The third-order valence-electron chi connectivity index (χ3n) is 2.37. The molecule has 0 aromatic rings. The summed E-state index contributed by atoms with van der Waals surface area (Å²) in [5.74, 6) is 0. The molecule has 0 heterocycles. The Kier molecular flexibility index (Phi) is 12.5. The Hall–Kier alpha value is -0.780. The van der Waals surface area contributed by atoms with Crippen molar-refractivity contribution in [3.05, 3.63) is 37.0 Å². The minimum atomic E-state index is 1.18. The molecule has 0 amide bonds. The van der Waals surface area contributed by atoms with Gasteiger partial charge in [0.1, 0.15) is 0 Å². The number of rotatable bonds is 10. The fourth-order valence-corrected chi connectivity index (χ4v) is 1.42. The molecule has 0 saturated carbocycles. The summed E-state index contributed by atoms with van der Waals surface area (Å²) in [6, 6.07) is 0. The number of hydrogen-bond donors (Lipinski definition) is 0. The van der Waals surface area contributed by atoms with E-state index in [9.17, 15) is 0 Å². The fourth-order valence-electron chi connectivity index (χ4n) is 1.42. The van der Waals surface area contributed by atoms with Crippen LogP contribution in [0, 0.1) is 0 Å². The van der Waals surface area contributed by atoms with E-state index in [1.165, 1.54) is 51.4 Å². The van der Waals surface area contributed by atoms with E-state index in [4.69, 9.17) is 0 Å². The number of hydrogen-bond acceptors (Lipinski definition) is 0. The summed E-state index contributed by atoms with van der Waals surface area (Å²) in [5, 5.41) is 0. The topological polar surface area (TPSA) is 0 Å². The lowest BCUT2D eigenvalue weighted by Gasteiger charge is -1.95. The third kappa shape index (κ3) is 13.2. The molecule has 0 N–H and O–H groups in total. The van der Waals surface area contributed by atoms with Gasteiger partial charge in [-0.2, -0.15) is 0 Å². The smallest absolute Gasteiger partial charge is 0.0348 e. The van der Waals surface area contributed by atoms with Gasteiger partial charge in [-0.05, 0) is 32.1 Å². The van der Waals surface area contributed by atoms with E-state index in [1.54, 1.807) is 0 Å². The van der Waals surface area contributed by atoms with Crippen LogP contribution >= 0.6 is 0 Å². The summed E-state index contributed by atoms with van der Waals surface area (Å²) in [6.07, 6.45) is 21.1. The van der Waals surface area contributed by atoms with Gasteiger partial charge in [0.15, 0.2) is 0 Å². The molecule has 86 valence electrons. The van der Waals surface area contributed by atoms with Crippen LogP contribution in [0.1, 0.15) is 58.3 Å². The first-order valence-corrected chi connectivity index (χ1v) is 6.34. The first-order valence-electron chi connectivity index (χ1n) is 6.34. The summed E-state index contributed by atoms with van der Waals surface area (Å²) in [6.45, 7) is 5.93. The zero-order valence-electron chi connectivity index (χ0n) is 10.3. The Morgan fingerprint density at radius 2 is 1.40 bits per heavy atom. The Morgan fingerprint density at radius 3 is 2.00 bits per heavy atom. The summed E-state index contributed by atoms with van der Waals surface area (Å²) in [7, 11) is 0. The lowest BCUT2D eigenvalue weighted by atomic mass is 10.1. The molecule has 0 aliphatic heterocycles. The highest BCUT2D eigenvalue weighted by atomic mass is 13.9. The van der Waals surface area contributed by atoms with Crippen LogP contribution in [-0.2, 0) is 0 Å². The zero-order chi connectivity index (χ0) is 11.2. The van der Waals surface area contributed by atoms with Crippen molar-refractivity contribution in [1.82, 2.24) is 0 Å². The monoisotopic (exact) mass is 206 g/mol. The van der Waals surface area contributed by atoms with Gasteiger partial charge in [0, 0.05) is 0 Å². The van der Waals surface area contributed by atoms with Crippen LogP contribution in [0.2, 0.25) is 0 Å². The molecule has 0 nitrogen and oxygen atoms in total. The lowest BCUT2D eigenvalue weighted by molar-refractivity contribution is 0.652. The van der Waals surface area contributed by atoms with E-state index in [2.05, 4.69) is 37.8 Å². The standard InChI is InChI=1S/C15H26/c1-3-5-7-9-11-13-15-14-12-10-8-6-4-2/h3,8,10,12,14H,1,4-7,9,11,13,15H2,2H3. The van der Waals surface area contributed by atoms with Crippen molar-refractivity contribution >= 4 is 0 Å². The SMILES string of the molecule is C=CCCCCCCC=CC=CCCC. The highest BCUT2D eigenvalue weighted by Gasteiger charge is 1.86. The first kappa shape index (κ1) is 14.2. The lowest BCUT2D eigenvalue weighted by Crippen LogP contribution is -1.76. The summed E-state index contributed by atoms with van der Waals surface area (Å²) in [5.41, 5.74) is 0. The molecule has 0 aromatic heterocycles. The van der Waals surface area contributed by atoms with Crippen LogP contribution < -0.4 is 0 Å². The second-order valence-electron chi connectivity index (χ2n) is 3.93. The van der Waals surface area contributed by atoms with Crippen LogP contribution in [0.4, 0.5) is 0 Å². The van der Waals surface area contributed by atoms with Crippen molar-refractivity contribution in [2.24, 2.45) is 0 Å². The molecule has 0 bridgehead atoms. The van der Waals surface area contributed by atoms with Crippen molar-refractivity contribution in [3.8, 4) is 0 Å². The highest BCUT2D eigenvalue weighted by Crippen LogP contribution is 2.05. The molecule has 0 saturated heterocycles. The van der Waals surface area contributed by atoms with Crippen molar-refractivity contribution in [2.45, 2.75) is 58.3 Å². The van der Waals surface area contributed by atoms with E-state index in [1.807, 2.05) is 6.08 Å². The van der Waals surface area contributed by atoms with Gasteiger partial charge in [0.05, 0.1) is 0 Å². The molecule has 0 aliphatic carbocycles. The average Bonchev–Trinajstić information content (AvgIpc) is 2.26. The van der Waals surface area contributed by atoms with Gasteiger partial charge < -0.3 is 0 Å². The highest BCUT2D eigenvalue weighted by molar-refractivity contribution is 5.02. The maximum atomic E-state index is 3.72. The molecule has 15 heavy (non-hydrogen) atoms. The quantitative estimate of drug-likeness (QED) is 0.254. The molecule has 0 atom stereocenters. The van der Waals surface area contributed by atoms with Gasteiger partial charge in [0.25, 0.3) is 0 Å². The van der Waals surface area contributed by atoms with Crippen LogP contribution in [0.5, 0.6) is 0 Å². The molecule has 0 fully saturated rings. The molecule has 0 radical (unpaired) electrons. The van der Waals surface area contributed by atoms with Crippen molar-refractivity contribution in [3.63, 3.8) is 0 Å². The van der Waals surface area contributed by atoms with E-state index in [0.717, 1.165) is 0 Å². The molecule has 0 unspecified atom stereocenters. The fraction of sp³-hybridized carbons (Fsp3) is 0.600. The minimum Gasteiger partial charge on any atom is -0.103 e. The second kappa shape index (κ2) is 13.2. The van der Waals surface area contributed by atoms with Gasteiger partial charge in [-0.1, -0.05) is 56.6 Å². The summed E-state index contributed by atoms with van der Waals surface area (Å²) >= 11 is 0. The Labute approximate surface area is 95.8 Å². The Bertz CT molecular complexity index is 174. The van der Waals surface area contributed by atoms with Crippen LogP contribution in [0.25, 0.3) is 0 Å². The van der Waals surface area contributed by atoms with Crippen molar-refractivity contribution in [2.75, 3.05) is 0 Å². The van der Waals surface area contributed by atoms with E-state index in [0.29, 0.717) is 0 Å². The number of allylic oxidation sites excluding steroid dienone is 5. The van der Waals surface area contributed by atoms with E-state index < -0.39 is 0 Å². The molecule has 0 aromatic carbocycles. The van der Waals surface area contributed by atoms with Gasteiger partial charge in [-0.3, -0.25) is 0 Å². The summed E-state index contributed by atoms with van der Waals surface area (Å²) in [4.78, 5) is 0. The van der Waals surface area contributed by atoms with Gasteiger partial charge in [-0.25, -0.2) is 0 Å². The van der Waals surface area contributed by atoms with Gasteiger partial charge in [-0.15, -0.1) is 6.58 Å². The Balaban J connectivity index is 3.12. The molecular formula is C15H26. The number of unbranched alkanes of at least 4 members (excludes halogenated alkanes) is 6. The van der Waals surface area contributed by atoms with Crippen LogP contribution in [-0.4, -0.2) is 0 Å². The largest absolute Gasteiger partial charge is 0.103 e. The van der Waals surface area contributed by atoms with E-state index in [-0.39, 0.29) is 0 Å². The molecule has 0 spiro atoms. The van der Waals surface area contributed by atoms with E-state index >= 15 is 0 Å². The molecule has 0 heteroatoms. The predicted octanol–water partition coefficient (Wildman–Crippen LogP) is 5.43. The second-order valence-corrected chi connectivity index (χ2v) is 3.93. The Morgan fingerprint density at radius 1 is 0.800 bits per heavy atom. The van der Waals surface area contributed by atoms with Crippen LogP contribution in [0.3, 0.4) is 0 Å². The maximum Gasteiger partial charge on any atom is -0.0348 e. The zero-order valence-corrected chi connectivity index (χ0v) is 10.3. The van der Waals surface area contributed by atoms with Gasteiger partial charge in [0.2, 0.25) is 0 Å². The van der Waals surface area contributed by atoms with Crippen molar-refractivity contribution < 1.29 is 0 Å². The van der Waals surface area contributed by atoms with Crippen molar-refractivity contribution in [1.29, 1.82) is 0 Å². The minimum absolute atomic E-state index is 1.18. The van der Waals surface area contributed by atoms with Crippen LogP contribution in [0.15, 0.2) is 37.0 Å². The summed E-state index contributed by atoms with van der Waals surface area (Å²) < 4.78 is 0. The molecule has 0 aliphatic rings. The third-order valence-corrected chi connectivity index (χ3v) is 2.37. The first-order chi connectivity index (χ1) is 7.41. The average molecular weight is 206 g/mol. The normalized spacial score (nSPS) is 11.5.